The number of carbonyl (C=O) groups excluding carboxylic acids is 3. The van der Waals surface area contributed by atoms with Crippen LogP contribution in [0.5, 0.6) is 0 Å². The van der Waals surface area contributed by atoms with Gasteiger partial charge in [0.15, 0.2) is 0 Å². The fraction of sp³-hybridized carbons (Fsp3) is 0.276. The summed E-state index contributed by atoms with van der Waals surface area (Å²) in [4.78, 5) is 39.0. The molecule has 0 aliphatic rings. The molecule has 35 heavy (non-hydrogen) atoms. The third kappa shape index (κ3) is 8.41. The Morgan fingerprint density at radius 3 is 2.06 bits per heavy atom. The van der Waals surface area contributed by atoms with Crippen molar-refractivity contribution in [2.75, 3.05) is 25.1 Å². The third-order valence-corrected chi connectivity index (χ3v) is 5.68. The fourth-order valence-electron chi connectivity index (χ4n) is 3.71. The zero-order valence-electron chi connectivity index (χ0n) is 20.1. The molecule has 182 valence electrons. The Morgan fingerprint density at radius 1 is 0.771 bits per heavy atom. The Bertz CT molecular complexity index is 1100. The Balaban J connectivity index is 1.44. The molecular weight excluding hydrogens is 440 g/mol. The molecule has 6 nitrogen and oxygen atoms in total. The molecule has 0 saturated carbocycles. The molecule has 0 aliphatic carbocycles. The highest BCUT2D eigenvalue weighted by molar-refractivity contribution is 6.04. The topological polar surface area (TPSA) is 75.7 Å². The van der Waals surface area contributed by atoms with Gasteiger partial charge >= 0.3 is 5.97 Å². The Kier molecular flexibility index (Phi) is 10.1. The van der Waals surface area contributed by atoms with Crippen molar-refractivity contribution in [3.05, 3.63) is 102 Å². The summed E-state index contributed by atoms with van der Waals surface area (Å²) in [5, 5.41) is 2.92. The SMILES string of the molecule is CN(C(=O)CCC(=O)OCCCc1ccccc1)c1ccccc1C(=O)NCCc1ccccc1. The number of hydrogen-bond acceptors (Lipinski definition) is 4. The number of aryl methyl sites for hydroxylation is 1. The molecule has 0 unspecified atom stereocenters. The average molecular weight is 473 g/mol. The van der Waals surface area contributed by atoms with Crippen LogP contribution in [0.25, 0.3) is 0 Å². The molecule has 2 amide bonds. The molecule has 0 aliphatic heterocycles. The number of nitrogens with zero attached hydrogens (tertiary/aromatic N) is 1. The first-order valence-electron chi connectivity index (χ1n) is 11.9. The van der Waals surface area contributed by atoms with E-state index in [0.717, 1.165) is 24.8 Å². The monoisotopic (exact) mass is 472 g/mol. The van der Waals surface area contributed by atoms with Gasteiger partial charge in [0.25, 0.3) is 5.91 Å². The number of hydrogen-bond donors (Lipinski definition) is 1. The lowest BCUT2D eigenvalue weighted by molar-refractivity contribution is -0.144. The minimum Gasteiger partial charge on any atom is -0.466 e. The van der Waals surface area contributed by atoms with E-state index in [9.17, 15) is 14.4 Å². The molecule has 0 aromatic heterocycles. The summed E-state index contributed by atoms with van der Waals surface area (Å²) < 4.78 is 5.27. The average Bonchev–Trinajstić information content (AvgIpc) is 2.90. The van der Waals surface area contributed by atoms with Crippen molar-refractivity contribution in [2.45, 2.75) is 32.1 Å². The van der Waals surface area contributed by atoms with E-state index in [0.29, 0.717) is 24.4 Å². The molecule has 3 aromatic carbocycles. The van der Waals surface area contributed by atoms with Crippen LogP contribution in [0.2, 0.25) is 0 Å². The quantitative estimate of drug-likeness (QED) is 0.309. The first-order chi connectivity index (χ1) is 17.0. The first-order valence-corrected chi connectivity index (χ1v) is 11.9. The summed E-state index contributed by atoms with van der Waals surface area (Å²) in [6.07, 6.45) is 2.30. The standard InChI is InChI=1S/C29H32N2O4/c1-31(27(32)18-19-28(33)35-22-10-15-23-11-4-2-5-12-23)26-17-9-8-16-25(26)29(34)30-21-20-24-13-6-3-7-14-24/h2-9,11-14,16-17H,10,15,18-22H2,1H3,(H,30,34). The normalized spacial score (nSPS) is 10.4. The molecule has 3 aromatic rings. The molecule has 1 N–H and O–H groups in total. The van der Waals surface area contributed by atoms with Gasteiger partial charge in [-0.3, -0.25) is 14.4 Å². The van der Waals surface area contributed by atoms with Gasteiger partial charge in [0, 0.05) is 20.0 Å². The molecule has 0 radical (unpaired) electrons. The van der Waals surface area contributed by atoms with Crippen LogP contribution in [0.3, 0.4) is 0 Å². The van der Waals surface area contributed by atoms with Crippen molar-refractivity contribution >= 4 is 23.5 Å². The number of esters is 1. The minimum atomic E-state index is -0.397. The number of rotatable bonds is 12. The molecule has 0 saturated heterocycles. The van der Waals surface area contributed by atoms with Gasteiger partial charge in [-0.25, -0.2) is 0 Å². The van der Waals surface area contributed by atoms with Crippen LogP contribution in [0.1, 0.15) is 40.7 Å². The van der Waals surface area contributed by atoms with Gasteiger partial charge < -0.3 is 15.0 Å². The number of amides is 2. The predicted octanol–water partition coefficient (Wildman–Crippen LogP) is 4.58. The maximum absolute atomic E-state index is 12.8. The summed E-state index contributed by atoms with van der Waals surface area (Å²) in [6.45, 7) is 0.814. The van der Waals surface area contributed by atoms with E-state index in [-0.39, 0.29) is 24.7 Å². The molecular formula is C29H32N2O4. The molecule has 0 bridgehead atoms. The van der Waals surface area contributed by atoms with Crippen LogP contribution in [0, 0.1) is 0 Å². The summed E-state index contributed by atoms with van der Waals surface area (Å²) >= 11 is 0. The summed E-state index contributed by atoms with van der Waals surface area (Å²) in [5.74, 6) is -0.892. The molecule has 6 heteroatoms. The molecule has 3 rings (SSSR count). The van der Waals surface area contributed by atoms with Gasteiger partial charge in [0.1, 0.15) is 0 Å². The van der Waals surface area contributed by atoms with Crippen LogP contribution in [-0.4, -0.2) is 38.0 Å². The van der Waals surface area contributed by atoms with Crippen molar-refractivity contribution in [3.8, 4) is 0 Å². The highest BCUT2D eigenvalue weighted by Gasteiger charge is 2.19. The van der Waals surface area contributed by atoms with Crippen molar-refractivity contribution in [1.82, 2.24) is 5.32 Å². The number of nitrogens with one attached hydrogen (secondary N) is 1. The van der Waals surface area contributed by atoms with Gasteiger partial charge in [-0.2, -0.15) is 0 Å². The number of anilines is 1. The van der Waals surface area contributed by atoms with Crippen LogP contribution in [-0.2, 0) is 27.2 Å². The van der Waals surface area contributed by atoms with Crippen molar-refractivity contribution in [1.29, 1.82) is 0 Å². The van der Waals surface area contributed by atoms with Crippen molar-refractivity contribution in [3.63, 3.8) is 0 Å². The Morgan fingerprint density at radius 2 is 1.37 bits per heavy atom. The minimum absolute atomic E-state index is 0.0000503. The first kappa shape index (κ1) is 25.7. The van der Waals surface area contributed by atoms with Crippen LogP contribution in [0.4, 0.5) is 5.69 Å². The highest BCUT2D eigenvalue weighted by atomic mass is 16.5. The van der Waals surface area contributed by atoms with Crippen LogP contribution in [0.15, 0.2) is 84.9 Å². The van der Waals surface area contributed by atoms with E-state index in [4.69, 9.17) is 4.74 Å². The van der Waals surface area contributed by atoms with Crippen molar-refractivity contribution < 1.29 is 19.1 Å². The number of benzene rings is 3. The number of para-hydroxylation sites is 1. The zero-order valence-corrected chi connectivity index (χ0v) is 20.1. The maximum atomic E-state index is 12.8. The van der Waals surface area contributed by atoms with Crippen molar-refractivity contribution in [2.24, 2.45) is 0 Å². The predicted molar refractivity (Wildman–Crippen MR) is 137 cm³/mol. The van der Waals surface area contributed by atoms with Gasteiger partial charge in [0.2, 0.25) is 5.91 Å². The second-order valence-corrected chi connectivity index (χ2v) is 8.27. The van der Waals surface area contributed by atoms with Gasteiger partial charge in [-0.1, -0.05) is 72.8 Å². The smallest absolute Gasteiger partial charge is 0.306 e. The lowest BCUT2D eigenvalue weighted by Crippen LogP contribution is -2.31. The van der Waals surface area contributed by atoms with Gasteiger partial charge in [0.05, 0.1) is 24.3 Å². The molecule has 0 heterocycles. The van der Waals surface area contributed by atoms with Gasteiger partial charge in [-0.15, -0.1) is 0 Å². The molecule has 0 fully saturated rings. The van der Waals surface area contributed by atoms with E-state index in [1.807, 2.05) is 60.7 Å². The largest absolute Gasteiger partial charge is 0.466 e. The van der Waals surface area contributed by atoms with E-state index >= 15 is 0 Å². The fourth-order valence-corrected chi connectivity index (χ4v) is 3.71. The summed E-state index contributed by atoms with van der Waals surface area (Å²) in [5.41, 5.74) is 3.26. The second-order valence-electron chi connectivity index (χ2n) is 8.27. The number of ether oxygens (including phenoxy) is 1. The van der Waals surface area contributed by atoms with Crippen LogP contribution >= 0.6 is 0 Å². The second kappa shape index (κ2) is 13.7. The zero-order chi connectivity index (χ0) is 24.9. The van der Waals surface area contributed by atoms with Crippen LogP contribution < -0.4 is 10.2 Å². The maximum Gasteiger partial charge on any atom is 0.306 e. The lowest BCUT2D eigenvalue weighted by Gasteiger charge is -2.20. The Labute approximate surface area is 206 Å². The van der Waals surface area contributed by atoms with E-state index < -0.39 is 5.97 Å². The summed E-state index contributed by atoms with van der Waals surface area (Å²) in [6, 6.07) is 26.9. The van der Waals surface area contributed by atoms with Gasteiger partial charge in [-0.05, 0) is 42.5 Å². The van der Waals surface area contributed by atoms with E-state index in [2.05, 4.69) is 5.32 Å². The van der Waals surface area contributed by atoms with E-state index in [1.165, 1.54) is 10.5 Å². The lowest BCUT2D eigenvalue weighted by atomic mass is 10.1. The number of carbonyl (C=O) groups is 3. The molecule has 0 spiro atoms. The third-order valence-electron chi connectivity index (χ3n) is 5.68. The molecule has 0 atom stereocenters. The van der Waals surface area contributed by atoms with E-state index in [1.54, 1.807) is 31.3 Å². The highest BCUT2D eigenvalue weighted by Crippen LogP contribution is 2.20. The Hall–Kier alpha value is -3.93. The summed E-state index contributed by atoms with van der Waals surface area (Å²) in [7, 11) is 1.61.